The second-order valence-electron chi connectivity index (χ2n) is 5.57. The molecule has 2 rings (SSSR count). The highest BCUT2D eigenvalue weighted by molar-refractivity contribution is 6.03. The van der Waals surface area contributed by atoms with Crippen molar-refractivity contribution in [3.8, 4) is 0 Å². The maximum Gasteiger partial charge on any atom is 0.233 e. The fraction of sp³-hybridized carbons (Fsp3) is 0.529. The van der Waals surface area contributed by atoms with Gasteiger partial charge in [-0.05, 0) is 37.0 Å². The number of anilines is 1. The van der Waals surface area contributed by atoms with E-state index in [1.165, 1.54) is 18.4 Å². The van der Waals surface area contributed by atoms with Crippen LogP contribution in [0.1, 0.15) is 44.6 Å². The van der Waals surface area contributed by atoms with E-state index in [9.17, 15) is 9.59 Å². The summed E-state index contributed by atoms with van der Waals surface area (Å²) in [6, 6.07) is 7.75. The largest absolute Gasteiger partial charge is 0.342 e. The van der Waals surface area contributed by atoms with E-state index in [4.69, 9.17) is 0 Å². The van der Waals surface area contributed by atoms with E-state index >= 15 is 0 Å². The number of nitrogens with zero attached hydrogens (tertiary/aromatic N) is 1. The lowest BCUT2D eigenvalue weighted by atomic mass is 10.1. The predicted octanol–water partition coefficient (Wildman–Crippen LogP) is 2.98. The Hall–Kier alpha value is -1.84. The van der Waals surface area contributed by atoms with Gasteiger partial charge in [-0.2, -0.15) is 0 Å². The van der Waals surface area contributed by atoms with E-state index < -0.39 is 0 Å². The summed E-state index contributed by atoms with van der Waals surface area (Å²) in [5.41, 5.74) is 1.98. The molecule has 4 nitrogen and oxygen atoms in total. The van der Waals surface area contributed by atoms with Crippen molar-refractivity contribution in [3.05, 3.63) is 29.8 Å². The molecule has 0 bridgehead atoms. The van der Waals surface area contributed by atoms with Crippen molar-refractivity contribution < 1.29 is 9.59 Å². The molecule has 1 aliphatic heterocycles. The van der Waals surface area contributed by atoms with Gasteiger partial charge in [-0.3, -0.25) is 9.59 Å². The third kappa shape index (κ3) is 4.88. The lowest BCUT2D eigenvalue weighted by Gasteiger charge is -2.19. The monoisotopic (exact) mass is 288 g/mol. The summed E-state index contributed by atoms with van der Waals surface area (Å²) < 4.78 is 0. The number of carbonyl (C=O) groups is 2. The normalized spacial score (nSPS) is 15.4. The quantitative estimate of drug-likeness (QED) is 0.866. The summed E-state index contributed by atoms with van der Waals surface area (Å²) in [6.07, 6.45) is 5.37. The van der Waals surface area contributed by atoms with Crippen LogP contribution in [0.4, 0.5) is 5.69 Å². The Labute approximate surface area is 126 Å². The first-order chi connectivity index (χ1) is 10.2. The van der Waals surface area contributed by atoms with E-state index in [0.717, 1.165) is 38.0 Å². The van der Waals surface area contributed by atoms with Crippen molar-refractivity contribution in [2.45, 2.75) is 45.4 Å². The van der Waals surface area contributed by atoms with Crippen LogP contribution in [0.5, 0.6) is 0 Å². The molecule has 1 fully saturated rings. The highest BCUT2D eigenvalue weighted by Gasteiger charge is 2.18. The zero-order valence-corrected chi connectivity index (χ0v) is 12.7. The number of nitrogens with one attached hydrogen (secondary N) is 1. The number of hydrogen-bond donors (Lipinski definition) is 1. The van der Waals surface area contributed by atoms with Crippen molar-refractivity contribution >= 4 is 17.5 Å². The first-order valence-corrected chi connectivity index (χ1v) is 7.85. The Morgan fingerprint density at radius 2 is 1.67 bits per heavy atom. The lowest BCUT2D eigenvalue weighted by molar-refractivity contribution is -0.134. The summed E-state index contributed by atoms with van der Waals surface area (Å²) in [5.74, 6) is -0.284. The van der Waals surface area contributed by atoms with Gasteiger partial charge in [0.15, 0.2) is 0 Å². The number of carbonyl (C=O) groups excluding carboxylic acids is 2. The third-order valence-electron chi connectivity index (χ3n) is 3.92. The molecule has 1 aromatic rings. The van der Waals surface area contributed by atoms with Crippen LogP contribution < -0.4 is 5.32 Å². The average molecular weight is 288 g/mol. The fourth-order valence-corrected chi connectivity index (χ4v) is 2.60. The molecule has 2 amide bonds. The molecule has 0 spiro atoms. The molecule has 114 valence electrons. The van der Waals surface area contributed by atoms with Gasteiger partial charge in [-0.25, -0.2) is 0 Å². The first kappa shape index (κ1) is 15.5. The van der Waals surface area contributed by atoms with Gasteiger partial charge in [-0.1, -0.05) is 31.9 Å². The molecule has 0 saturated carbocycles. The molecule has 0 atom stereocenters. The number of amides is 2. The Kier molecular flexibility index (Phi) is 5.78. The molecular formula is C17H24N2O2. The van der Waals surface area contributed by atoms with E-state index in [0.29, 0.717) is 0 Å². The van der Waals surface area contributed by atoms with Crippen LogP contribution in [0, 0.1) is 0 Å². The lowest BCUT2D eigenvalue weighted by Crippen LogP contribution is -2.34. The number of aryl methyl sites for hydroxylation is 1. The maximum absolute atomic E-state index is 12.1. The minimum Gasteiger partial charge on any atom is -0.342 e. The molecule has 1 heterocycles. The molecule has 1 saturated heterocycles. The Morgan fingerprint density at radius 3 is 2.24 bits per heavy atom. The zero-order valence-electron chi connectivity index (χ0n) is 12.7. The standard InChI is InChI=1S/C17H24N2O2/c1-2-14-7-9-15(10-8-14)18-16(20)13-17(21)19-11-5-3-4-6-12-19/h7-10H,2-6,11-13H2,1H3,(H,18,20). The minimum atomic E-state index is -0.228. The summed E-state index contributed by atoms with van der Waals surface area (Å²) in [7, 11) is 0. The SMILES string of the molecule is CCc1ccc(NC(=O)CC(=O)N2CCCCCC2)cc1. The van der Waals surface area contributed by atoms with Crippen molar-refractivity contribution in [1.29, 1.82) is 0 Å². The number of benzene rings is 1. The Balaban J connectivity index is 1.83. The van der Waals surface area contributed by atoms with Crippen molar-refractivity contribution in [3.63, 3.8) is 0 Å². The number of rotatable bonds is 4. The molecule has 21 heavy (non-hydrogen) atoms. The van der Waals surface area contributed by atoms with Gasteiger partial charge in [0, 0.05) is 18.8 Å². The summed E-state index contributed by atoms with van der Waals surface area (Å²) in [6.45, 7) is 3.67. The molecule has 4 heteroatoms. The highest BCUT2D eigenvalue weighted by atomic mass is 16.2. The molecule has 1 N–H and O–H groups in total. The Morgan fingerprint density at radius 1 is 1.05 bits per heavy atom. The van der Waals surface area contributed by atoms with Gasteiger partial charge >= 0.3 is 0 Å². The van der Waals surface area contributed by atoms with Crippen molar-refractivity contribution in [2.75, 3.05) is 18.4 Å². The predicted molar refractivity (Wildman–Crippen MR) is 84.1 cm³/mol. The molecule has 1 aliphatic rings. The maximum atomic E-state index is 12.1. The van der Waals surface area contributed by atoms with E-state index in [-0.39, 0.29) is 18.2 Å². The van der Waals surface area contributed by atoms with Gasteiger partial charge in [0.2, 0.25) is 11.8 Å². The molecule has 0 radical (unpaired) electrons. The summed E-state index contributed by atoms with van der Waals surface area (Å²) in [5, 5.41) is 2.79. The fourth-order valence-electron chi connectivity index (χ4n) is 2.60. The van der Waals surface area contributed by atoms with Crippen LogP contribution in [0.15, 0.2) is 24.3 Å². The van der Waals surface area contributed by atoms with E-state index in [1.54, 1.807) is 0 Å². The first-order valence-electron chi connectivity index (χ1n) is 7.85. The highest BCUT2D eigenvalue weighted by Crippen LogP contribution is 2.13. The van der Waals surface area contributed by atoms with Crippen molar-refractivity contribution in [2.24, 2.45) is 0 Å². The van der Waals surface area contributed by atoms with Crippen LogP contribution in [-0.4, -0.2) is 29.8 Å². The molecular weight excluding hydrogens is 264 g/mol. The smallest absolute Gasteiger partial charge is 0.233 e. The second-order valence-corrected chi connectivity index (χ2v) is 5.57. The van der Waals surface area contributed by atoms with Gasteiger partial charge < -0.3 is 10.2 Å². The van der Waals surface area contributed by atoms with Crippen LogP contribution in [-0.2, 0) is 16.0 Å². The van der Waals surface area contributed by atoms with Crippen LogP contribution in [0.25, 0.3) is 0 Å². The third-order valence-corrected chi connectivity index (χ3v) is 3.92. The second kappa shape index (κ2) is 7.81. The van der Waals surface area contributed by atoms with Gasteiger partial charge in [-0.15, -0.1) is 0 Å². The molecule has 0 unspecified atom stereocenters. The van der Waals surface area contributed by atoms with Crippen molar-refractivity contribution in [1.82, 2.24) is 4.90 Å². The molecule has 0 aromatic heterocycles. The number of hydrogen-bond acceptors (Lipinski definition) is 2. The summed E-state index contributed by atoms with van der Waals surface area (Å²) in [4.78, 5) is 25.9. The Bertz CT molecular complexity index is 474. The van der Waals surface area contributed by atoms with Gasteiger partial charge in [0.05, 0.1) is 0 Å². The van der Waals surface area contributed by atoms with Crippen LogP contribution in [0.3, 0.4) is 0 Å². The van der Waals surface area contributed by atoms with E-state index in [2.05, 4.69) is 12.2 Å². The van der Waals surface area contributed by atoms with Gasteiger partial charge in [0.1, 0.15) is 6.42 Å². The van der Waals surface area contributed by atoms with Gasteiger partial charge in [0.25, 0.3) is 0 Å². The van der Waals surface area contributed by atoms with Crippen LogP contribution in [0.2, 0.25) is 0 Å². The topological polar surface area (TPSA) is 49.4 Å². The zero-order chi connectivity index (χ0) is 15.1. The number of likely N-dealkylation sites (tertiary alicyclic amines) is 1. The average Bonchev–Trinajstić information content (AvgIpc) is 2.77. The van der Waals surface area contributed by atoms with E-state index in [1.807, 2.05) is 29.2 Å². The minimum absolute atomic E-state index is 0.0559. The van der Waals surface area contributed by atoms with Crippen LogP contribution >= 0.6 is 0 Å². The molecule has 1 aromatic carbocycles. The molecule has 0 aliphatic carbocycles. The summed E-state index contributed by atoms with van der Waals surface area (Å²) >= 11 is 0.